The second-order valence-electron chi connectivity index (χ2n) is 6.86. The second-order valence-corrected chi connectivity index (χ2v) is 7.63. The van der Waals surface area contributed by atoms with Gasteiger partial charge in [0.15, 0.2) is 4.77 Å². The zero-order valence-electron chi connectivity index (χ0n) is 17.6. The first kappa shape index (κ1) is 24.5. The minimum absolute atomic E-state index is 0.0514. The van der Waals surface area contributed by atoms with Gasteiger partial charge in [-0.15, -0.1) is 0 Å². The smallest absolute Gasteiger partial charge is 0.338 e. The molecule has 0 radical (unpaired) electrons. The van der Waals surface area contributed by atoms with Crippen molar-refractivity contribution in [3.05, 3.63) is 54.3 Å². The van der Waals surface area contributed by atoms with Crippen molar-refractivity contribution < 1.29 is 18.7 Å². The van der Waals surface area contributed by atoms with Crippen molar-refractivity contribution in [3.63, 3.8) is 0 Å². The van der Waals surface area contributed by atoms with E-state index < -0.39 is 40.8 Å². The number of amides is 1. The summed E-state index contributed by atoms with van der Waals surface area (Å²) in [6, 6.07) is 1.32. The number of hydrogen-bond acceptors (Lipinski definition) is 6. The van der Waals surface area contributed by atoms with Crippen LogP contribution in [0.15, 0.2) is 21.7 Å². The molecule has 0 aliphatic rings. The van der Waals surface area contributed by atoms with E-state index in [2.05, 4.69) is 0 Å². The lowest BCUT2D eigenvalue weighted by Crippen LogP contribution is -2.44. The van der Waals surface area contributed by atoms with Crippen LogP contribution < -0.4 is 11.4 Å². The van der Waals surface area contributed by atoms with Gasteiger partial charge in [-0.1, -0.05) is 11.6 Å². The number of esters is 1. The zero-order chi connectivity index (χ0) is 23.6. The number of hydrogen-bond donors (Lipinski definition) is 0. The summed E-state index contributed by atoms with van der Waals surface area (Å²) >= 11 is 11.1. The van der Waals surface area contributed by atoms with Crippen molar-refractivity contribution in [1.29, 1.82) is 0 Å². The minimum Gasteiger partial charge on any atom is -0.466 e. The molecule has 0 fully saturated rings. The first-order valence-electron chi connectivity index (χ1n) is 9.23. The number of rotatable bonds is 6. The van der Waals surface area contributed by atoms with Gasteiger partial charge in [-0.05, 0) is 38.2 Å². The quantitative estimate of drug-likeness (QED) is 0.470. The molecule has 0 saturated heterocycles. The van der Waals surface area contributed by atoms with Gasteiger partial charge in [-0.2, -0.15) is 0 Å². The Kier molecular flexibility index (Phi) is 7.55. The van der Waals surface area contributed by atoms with Crippen LogP contribution in [0.2, 0.25) is 5.02 Å². The predicted octanol–water partition coefficient (Wildman–Crippen LogP) is 1.81. The van der Waals surface area contributed by atoms with Crippen molar-refractivity contribution in [3.8, 4) is 5.69 Å². The van der Waals surface area contributed by atoms with E-state index in [1.807, 2.05) is 0 Å². The molecule has 9 nitrogen and oxygen atoms in total. The molecule has 31 heavy (non-hydrogen) atoms. The number of aromatic nitrogens is 3. The number of carbonyl (C=O) groups is 2. The Morgan fingerprint density at radius 2 is 1.77 bits per heavy atom. The zero-order valence-corrected chi connectivity index (χ0v) is 19.2. The molecule has 1 amide bonds. The highest BCUT2D eigenvalue weighted by Gasteiger charge is 2.25. The Balaban J connectivity index is 2.58. The van der Waals surface area contributed by atoms with Crippen LogP contribution in [0.5, 0.6) is 0 Å². The van der Waals surface area contributed by atoms with Crippen LogP contribution in [0, 0.1) is 10.6 Å². The van der Waals surface area contributed by atoms with E-state index in [9.17, 15) is 23.6 Å². The molecule has 1 atom stereocenters. The molecule has 0 aliphatic carbocycles. The van der Waals surface area contributed by atoms with Crippen molar-refractivity contribution in [1.82, 2.24) is 18.6 Å². The van der Waals surface area contributed by atoms with Gasteiger partial charge in [-0.25, -0.2) is 18.5 Å². The molecule has 1 unspecified atom stereocenters. The molecule has 12 heteroatoms. The predicted molar refractivity (Wildman–Crippen MR) is 115 cm³/mol. The fourth-order valence-electron chi connectivity index (χ4n) is 2.84. The summed E-state index contributed by atoms with van der Waals surface area (Å²) < 4.78 is 22.1. The number of nitrogens with zero attached hydrogens (tertiary/aromatic N) is 4. The van der Waals surface area contributed by atoms with Gasteiger partial charge in [0.05, 0.1) is 29.3 Å². The molecule has 1 heterocycles. The van der Waals surface area contributed by atoms with E-state index in [0.717, 1.165) is 21.3 Å². The third-order valence-corrected chi connectivity index (χ3v) is 5.65. The van der Waals surface area contributed by atoms with Gasteiger partial charge >= 0.3 is 17.3 Å². The summed E-state index contributed by atoms with van der Waals surface area (Å²) in [7, 11) is 4.12. The van der Waals surface area contributed by atoms with Crippen LogP contribution >= 0.6 is 23.8 Å². The van der Waals surface area contributed by atoms with Gasteiger partial charge in [-0.3, -0.25) is 18.7 Å². The molecule has 0 aliphatic heterocycles. The summed E-state index contributed by atoms with van der Waals surface area (Å²) in [6.07, 6.45) is -0.0577. The molecule has 2 aromatic rings. The topological polar surface area (TPSA) is 95.5 Å². The van der Waals surface area contributed by atoms with Gasteiger partial charge < -0.3 is 9.64 Å². The molecule has 0 saturated carbocycles. The number of halogens is 2. The first-order valence-corrected chi connectivity index (χ1v) is 10.0. The molecule has 2 rings (SSSR count). The van der Waals surface area contributed by atoms with Gasteiger partial charge in [0.2, 0.25) is 0 Å². The van der Waals surface area contributed by atoms with Crippen LogP contribution in [0.1, 0.15) is 30.6 Å². The van der Waals surface area contributed by atoms with Gasteiger partial charge in [0, 0.05) is 27.2 Å². The highest BCUT2D eigenvalue weighted by atomic mass is 35.5. The molecular weight excluding hydrogens is 451 g/mol. The van der Waals surface area contributed by atoms with Crippen LogP contribution in [0.3, 0.4) is 0 Å². The minimum atomic E-state index is -0.972. The normalized spacial score (nSPS) is 11.8. The highest BCUT2D eigenvalue weighted by Crippen LogP contribution is 2.24. The van der Waals surface area contributed by atoms with E-state index in [1.54, 1.807) is 13.8 Å². The molecular formula is C19H22ClFN4O5S. The lowest BCUT2D eigenvalue weighted by molar-refractivity contribution is -0.144. The van der Waals surface area contributed by atoms with Crippen molar-refractivity contribution >= 4 is 35.7 Å². The molecule has 1 aromatic carbocycles. The maximum absolute atomic E-state index is 14.7. The van der Waals surface area contributed by atoms with Crippen LogP contribution in [-0.4, -0.2) is 50.2 Å². The Bertz CT molecular complexity index is 1180. The fourth-order valence-corrected chi connectivity index (χ4v) is 3.22. The van der Waals surface area contributed by atoms with Crippen LogP contribution in [-0.2, 0) is 23.6 Å². The fraction of sp³-hybridized carbons (Fsp3) is 0.421. The molecule has 1 aromatic heterocycles. The first-order chi connectivity index (χ1) is 14.4. The van der Waals surface area contributed by atoms with E-state index in [4.69, 9.17) is 28.6 Å². The maximum atomic E-state index is 14.7. The highest BCUT2D eigenvalue weighted by molar-refractivity contribution is 7.71. The SMILES string of the molecule is CCOC(=O)CC(C)N(C)C(=O)c1cc(-n2c(=O)n(C)c(=S)n(C)c2=O)c(F)cc1Cl. The maximum Gasteiger partial charge on any atom is 0.338 e. The summed E-state index contributed by atoms with van der Waals surface area (Å²) in [6.45, 7) is 3.51. The Hall–Kier alpha value is -2.79. The summed E-state index contributed by atoms with van der Waals surface area (Å²) in [4.78, 5) is 51.1. The standard InChI is InChI=1S/C19H22ClFN4O5S/c1-6-30-15(26)7-10(2)22(3)16(27)11-8-14(13(21)9-12(11)20)25-17(28)23(4)19(31)24(5)18(25)29/h8-10H,6-7H2,1-5H3. The van der Waals surface area contributed by atoms with E-state index in [-0.39, 0.29) is 28.4 Å². The third-order valence-electron chi connectivity index (χ3n) is 4.79. The van der Waals surface area contributed by atoms with Crippen molar-refractivity contribution in [2.24, 2.45) is 14.1 Å². The summed E-state index contributed by atoms with van der Waals surface area (Å²) in [5.74, 6) is -2.08. The largest absolute Gasteiger partial charge is 0.466 e. The molecule has 168 valence electrons. The molecule has 0 bridgehead atoms. The van der Waals surface area contributed by atoms with Crippen molar-refractivity contribution in [2.75, 3.05) is 13.7 Å². The average Bonchev–Trinajstić information content (AvgIpc) is 2.71. The monoisotopic (exact) mass is 472 g/mol. The van der Waals surface area contributed by atoms with E-state index in [0.29, 0.717) is 4.57 Å². The average molecular weight is 473 g/mol. The van der Waals surface area contributed by atoms with Gasteiger partial charge in [0.25, 0.3) is 5.91 Å². The van der Waals surface area contributed by atoms with E-state index in [1.165, 1.54) is 26.0 Å². The van der Waals surface area contributed by atoms with Crippen molar-refractivity contribution in [2.45, 2.75) is 26.3 Å². The third kappa shape index (κ3) is 4.77. The molecule has 0 spiro atoms. The summed E-state index contributed by atoms with van der Waals surface area (Å²) in [5.41, 5.74) is -2.35. The molecule has 0 N–H and O–H groups in total. The second kappa shape index (κ2) is 9.56. The Labute approximate surface area is 187 Å². The van der Waals surface area contributed by atoms with Crippen LogP contribution in [0.25, 0.3) is 5.69 Å². The Morgan fingerprint density at radius 1 is 1.23 bits per heavy atom. The van der Waals surface area contributed by atoms with Crippen LogP contribution in [0.4, 0.5) is 4.39 Å². The number of ether oxygens (including phenoxy) is 1. The van der Waals surface area contributed by atoms with Gasteiger partial charge in [0.1, 0.15) is 5.82 Å². The lowest BCUT2D eigenvalue weighted by Gasteiger charge is -2.25. The van der Waals surface area contributed by atoms with E-state index >= 15 is 0 Å². The summed E-state index contributed by atoms with van der Waals surface area (Å²) in [5, 5.41) is -0.212. The number of benzene rings is 1. The Morgan fingerprint density at radius 3 is 2.29 bits per heavy atom. The lowest BCUT2D eigenvalue weighted by atomic mass is 10.1. The number of carbonyl (C=O) groups excluding carboxylic acids is 2.